The lowest BCUT2D eigenvalue weighted by atomic mass is 10.0. The monoisotopic (exact) mass is 488 g/mol. The summed E-state index contributed by atoms with van der Waals surface area (Å²) in [6, 6.07) is 4.01. The Labute approximate surface area is 202 Å². The summed E-state index contributed by atoms with van der Waals surface area (Å²) in [5, 5.41) is 17.1. The Morgan fingerprint density at radius 2 is 1.71 bits per heavy atom. The van der Waals surface area contributed by atoms with E-state index in [1.54, 1.807) is 6.20 Å². The van der Waals surface area contributed by atoms with Crippen molar-refractivity contribution >= 4 is 40.5 Å². The minimum absolute atomic E-state index is 0.0228. The van der Waals surface area contributed by atoms with Crippen molar-refractivity contribution in [2.45, 2.75) is 51.2 Å². The van der Waals surface area contributed by atoms with Gasteiger partial charge in [-0.2, -0.15) is 0 Å². The number of carbonyl (C=O) groups excluding carboxylic acids is 4. The van der Waals surface area contributed by atoms with Gasteiger partial charge in [-0.15, -0.1) is 0 Å². The zero-order valence-corrected chi connectivity index (χ0v) is 19.7. The van der Waals surface area contributed by atoms with Gasteiger partial charge in [0.25, 0.3) is 0 Å². The quantitative estimate of drug-likeness (QED) is 0.189. The SMILES string of the molecule is CC(C)CC(NC(=O)CNC(=O)C(CC(N)=O)NC(=O)C(N)Cc1c[nH]c2ccccc12)C(=O)O. The Hall–Kier alpha value is -3.93. The topological polar surface area (TPSA) is 209 Å². The molecule has 0 saturated heterocycles. The molecular formula is C23H32N6O6. The lowest BCUT2D eigenvalue weighted by Crippen LogP contribution is -2.54. The van der Waals surface area contributed by atoms with Gasteiger partial charge in [0.15, 0.2) is 0 Å². The van der Waals surface area contributed by atoms with Crippen LogP contribution in [0.25, 0.3) is 10.9 Å². The second-order valence-electron chi connectivity index (χ2n) is 8.71. The van der Waals surface area contributed by atoms with E-state index in [0.29, 0.717) is 0 Å². The summed E-state index contributed by atoms with van der Waals surface area (Å²) in [6.07, 6.45) is 1.62. The summed E-state index contributed by atoms with van der Waals surface area (Å²) in [7, 11) is 0. The number of aromatic nitrogens is 1. The van der Waals surface area contributed by atoms with Gasteiger partial charge in [-0.3, -0.25) is 19.2 Å². The predicted molar refractivity (Wildman–Crippen MR) is 128 cm³/mol. The first kappa shape index (κ1) is 27.3. The van der Waals surface area contributed by atoms with Crippen LogP contribution < -0.4 is 27.4 Å². The Morgan fingerprint density at radius 1 is 1.03 bits per heavy atom. The maximum atomic E-state index is 12.6. The second-order valence-corrected chi connectivity index (χ2v) is 8.71. The third-order valence-electron chi connectivity index (χ3n) is 5.25. The average molecular weight is 489 g/mol. The highest BCUT2D eigenvalue weighted by Gasteiger charge is 2.27. The van der Waals surface area contributed by atoms with Crippen molar-refractivity contribution in [3.63, 3.8) is 0 Å². The summed E-state index contributed by atoms with van der Waals surface area (Å²) in [5.74, 6) is -4.25. The molecule has 0 bridgehead atoms. The lowest BCUT2D eigenvalue weighted by Gasteiger charge is -2.20. The molecule has 0 aliphatic rings. The minimum Gasteiger partial charge on any atom is -0.480 e. The standard InChI is InChI=1S/C23H32N6O6/c1-12(2)7-18(23(34)35)28-20(31)11-27-22(33)17(9-19(25)30)29-21(32)15(24)8-13-10-26-16-6-4-3-5-14(13)16/h3-6,10,12,15,17-18,26H,7-9,11,24H2,1-2H3,(H2,25,30)(H,27,33)(H,28,31)(H,29,32)(H,34,35). The van der Waals surface area contributed by atoms with E-state index in [1.807, 2.05) is 38.1 Å². The van der Waals surface area contributed by atoms with Crippen LogP contribution in [0, 0.1) is 5.92 Å². The van der Waals surface area contributed by atoms with Gasteiger partial charge in [0.05, 0.1) is 19.0 Å². The van der Waals surface area contributed by atoms with Crippen molar-refractivity contribution in [2.24, 2.45) is 17.4 Å². The lowest BCUT2D eigenvalue weighted by molar-refractivity contribution is -0.142. The highest BCUT2D eigenvalue weighted by Crippen LogP contribution is 2.18. The van der Waals surface area contributed by atoms with Crippen LogP contribution in [0.5, 0.6) is 0 Å². The largest absolute Gasteiger partial charge is 0.480 e. The molecule has 2 aromatic rings. The number of carboxylic acids is 1. The van der Waals surface area contributed by atoms with E-state index in [1.165, 1.54) is 0 Å². The summed E-state index contributed by atoms with van der Waals surface area (Å²) in [4.78, 5) is 63.1. The van der Waals surface area contributed by atoms with E-state index in [0.717, 1.165) is 16.5 Å². The molecule has 2 rings (SSSR count). The first-order valence-corrected chi connectivity index (χ1v) is 11.2. The molecule has 12 heteroatoms. The first-order chi connectivity index (χ1) is 16.5. The van der Waals surface area contributed by atoms with Gasteiger partial charge in [-0.05, 0) is 30.4 Å². The Bertz CT molecular complexity index is 1080. The van der Waals surface area contributed by atoms with Crippen LogP contribution in [0.3, 0.4) is 0 Å². The molecule has 0 aliphatic carbocycles. The molecule has 12 nitrogen and oxygen atoms in total. The van der Waals surface area contributed by atoms with Gasteiger partial charge in [0, 0.05) is 17.1 Å². The van der Waals surface area contributed by atoms with Gasteiger partial charge in [-0.1, -0.05) is 32.0 Å². The van der Waals surface area contributed by atoms with E-state index in [4.69, 9.17) is 11.5 Å². The number of nitrogens with two attached hydrogens (primary N) is 2. The molecule has 3 atom stereocenters. The number of aromatic amines is 1. The molecule has 1 aromatic carbocycles. The maximum Gasteiger partial charge on any atom is 0.326 e. The fourth-order valence-corrected chi connectivity index (χ4v) is 3.55. The van der Waals surface area contributed by atoms with Crippen LogP contribution in [-0.2, 0) is 30.4 Å². The number of benzene rings is 1. The fourth-order valence-electron chi connectivity index (χ4n) is 3.55. The highest BCUT2D eigenvalue weighted by molar-refractivity contribution is 5.95. The zero-order chi connectivity index (χ0) is 26.1. The molecule has 0 fully saturated rings. The van der Waals surface area contributed by atoms with Crippen molar-refractivity contribution in [3.05, 3.63) is 36.0 Å². The Balaban J connectivity index is 1.96. The van der Waals surface area contributed by atoms with E-state index in [-0.39, 0.29) is 18.8 Å². The minimum atomic E-state index is -1.35. The molecule has 9 N–H and O–H groups in total. The third kappa shape index (κ3) is 8.41. The van der Waals surface area contributed by atoms with Crippen LogP contribution in [0.4, 0.5) is 0 Å². The maximum absolute atomic E-state index is 12.6. The molecule has 0 spiro atoms. The molecule has 1 heterocycles. The van der Waals surface area contributed by atoms with Crippen molar-refractivity contribution in [1.29, 1.82) is 0 Å². The van der Waals surface area contributed by atoms with Gasteiger partial charge in [0.2, 0.25) is 23.6 Å². The highest BCUT2D eigenvalue weighted by atomic mass is 16.4. The van der Waals surface area contributed by atoms with E-state index in [2.05, 4.69) is 20.9 Å². The summed E-state index contributed by atoms with van der Waals surface area (Å²) < 4.78 is 0. The molecule has 0 aliphatic heterocycles. The Morgan fingerprint density at radius 3 is 2.34 bits per heavy atom. The van der Waals surface area contributed by atoms with Gasteiger partial charge < -0.3 is 37.5 Å². The number of amides is 4. The summed E-state index contributed by atoms with van der Waals surface area (Å²) in [5.41, 5.74) is 12.9. The van der Waals surface area contributed by atoms with Gasteiger partial charge in [-0.25, -0.2) is 4.79 Å². The number of carbonyl (C=O) groups is 5. The van der Waals surface area contributed by atoms with E-state index in [9.17, 15) is 29.1 Å². The zero-order valence-electron chi connectivity index (χ0n) is 19.7. The number of aliphatic carboxylic acids is 1. The number of primary amides is 1. The van der Waals surface area contributed by atoms with Gasteiger partial charge >= 0.3 is 5.97 Å². The van der Waals surface area contributed by atoms with Crippen molar-refractivity contribution < 1.29 is 29.1 Å². The Kier molecular flexibility index (Phi) is 9.76. The van der Waals surface area contributed by atoms with Crippen LogP contribution >= 0.6 is 0 Å². The smallest absolute Gasteiger partial charge is 0.326 e. The molecule has 0 saturated carbocycles. The summed E-state index contributed by atoms with van der Waals surface area (Å²) in [6.45, 7) is 3.07. The number of carboxylic acid groups (broad SMARTS) is 1. The molecule has 190 valence electrons. The third-order valence-corrected chi connectivity index (χ3v) is 5.25. The number of hydrogen-bond donors (Lipinski definition) is 7. The van der Waals surface area contributed by atoms with Crippen LogP contribution in [-0.4, -0.2) is 64.4 Å². The molecule has 0 radical (unpaired) electrons. The normalized spacial score (nSPS) is 13.6. The number of hydrogen-bond acceptors (Lipinski definition) is 6. The number of nitrogens with one attached hydrogen (secondary N) is 4. The number of fused-ring (bicyclic) bond motifs is 1. The number of rotatable bonds is 13. The predicted octanol–water partition coefficient (Wildman–Crippen LogP) is -0.870. The van der Waals surface area contributed by atoms with E-state index >= 15 is 0 Å². The number of para-hydroxylation sites is 1. The molecule has 35 heavy (non-hydrogen) atoms. The molecule has 3 unspecified atom stereocenters. The van der Waals surface area contributed by atoms with Crippen LogP contribution in [0.1, 0.15) is 32.3 Å². The van der Waals surface area contributed by atoms with Crippen molar-refractivity contribution in [1.82, 2.24) is 20.9 Å². The fraction of sp³-hybridized carbons (Fsp3) is 0.435. The second kappa shape index (κ2) is 12.5. The van der Waals surface area contributed by atoms with Gasteiger partial charge in [0.1, 0.15) is 12.1 Å². The van der Waals surface area contributed by atoms with Crippen LogP contribution in [0.2, 0.25) is 0 Å². The first-order valence-electron chi connectivity index (χ1n) is 11.2. The number of H-pyrrole nitrogens is 1. The molecule has 1 aromatic heterocycles. The molecular weight excluding hydrogens is 456 g/mol. The van der Waals surface area contributed by atoms with Crippen LogP contribution in [0.15, 0.2) is 30.5 Å². The summed E-state index contributed by atoms with van der Waals surface area (Å²) >= 11 is 0. The van der Waals surface area contributed by atoms with E-state index < -0.39 is 60.7 Å². The average Bonchev–Trinajstić information content (AvgIpc) is 3.18. The van der Waals surface area contributed by atoms with Crippen molar-refractivity contribution in [3.8, 4) is 0 Å². The molecule has 4 amide bonds. The van der Waals surface area contributed by atoms with Crippen molar-refractivity contribution in [2.75, 3.05) is 6.54 Å².